The molecule has 158 valence electrons. The summed E-state index contributed by atoms with van der Waals surface area (Å²) in [5.74, 6) is -0.901. The summed E-state index contributed by atoms with van der Waals surface area (Å²) in [5.41, 5.74) is 9.53. The first-order chi connectivity index (χ1) is 14.4. The zero-order chi connectivity index (χ0) is 21.7. The molecular weight excluding hydrogens is 384 g/mol. The minimum absolute atomic E-state index is 0.260. The number of rotatable bonds is 9. The van der Waals surface area contributed by atoms with Crippen molar-refractivity contribution in [2.45, 2.75) is 44.8 Å². The monoisotopic (exact) mass is 410 g/mol. The molecule has 2 aromatic heterocycles. The quantitative estimate of drug-likeness (QED) is 0.326. The number of aromatic amines is 2. The van der Waals surface area contributed by atoms with Crippen LogP contribution < -0.4 is 16.4 Å². The van der Waals surface area contributed by atoms with Crippen LogP contribution in [0.15, 0.2) is 36.8 Å². The van der Waals surface area contributed by atoms with Crippen LogP contribution in [0.3, 0.4) is 0 Å². The number of nitrogens with zero attached hydrogens (tertiary/aromatic N) is 1. The van der Waals surface area contributed by atoms with Gasteiger partial charge >= 0.3 is 0 Å². The van der Waals surface area contributed by atoms with E-state index in [1.165, 1.54) is 6.33 Å². The molecule has 0 radical (unpaired) electrons. The highest BCUT2D eigenvalue weighted by molar-refractivity contribution is 5.92. The van der Waals surface area contributed by atoms with Gasteiger partial charge in [-0.15, -0.1) is 0 Å². The van der Waals surface area contributed by atoms with Crippen LogP contribution in [0.4, 0.5) is 0 Å². The molecule has 0 aliphatic carbocycles. The Hall–Kier alpha value is -3.46. The highest BCUT2D eigenvalue weighted by atomic mass is 16.2. The zero-order valence-electron chi connectivity index (χ0n) is 16.9. The predicted molar refractivity (Wildman–Crippen MR) is 113 cm³/mol. The Morgan fingerprint density at radius 3 is 2.67 bits per heavy atom. The number of para-hydroxylation sites is 1. The van der Waals surface area contributed by atoms with E-state index in [-0.39, 0.29) is 12.8 Å². The van der Waals surface area contributed by atoms with Crippen LogP contribution in [0, 0.1) is 6.92 Å². The SMILES string of the molecule is Cc1[nH]c2ccccc2c1C[C@@H](NC(=O)[C@@H](N)Cc1cnc[nH]1)C(=O)N[C@@H](C)C=O. The third kappa shape index (κ3) is 4.93. The van der Waals surface area contributed by atoms with Gasteiger partial charge in [0.1, 0.15) is 12.3 Å². The fourth-order valence-corrected chi connectivity index (χ4v) is 3.37. The van der Waals surface area contributed by atoms with Crippen molar-refractivity contribution in [3.05, 3.63) is 53.7 Å². The fraction of sp³-hybridized carbons (Fsp3) is 0.333. The van der Waals surface area contributed by atoms with E-state index in [0.717, 1.165) is 27.9 Å². The maximum absolute atomic E-state index is 12.8. The molecule has 9 nitrogen and oxygen atoms in total. The summed E-state index contributed by atoms with van der Waals surface area (Å²) in [7, 11) is 0. The molecule has 2 amide bonds. The number of aldehydes is 1. The Morgan fingerprint density at radius 2 is 1.97 bits per heavy atom. The number of imidazole rings is 1. The standard InChI is InChI=1S/C21H26N6O3/c1-12(10-28)25-21(30)19(27-20(29)17(22)7-14-9-23-11-24-14)8-16-13(2)26-18-6-4-3-5-15(16)18/h3-6,9-12,17,19,26H,7-8,22H2,1-2H3,(H,23,24)(H,25,30)(H,27,29)/t12-,17-,19+/m0/s1. The Morgan fingerprint density at radius 1 is 1.20 bits per heavy atom. The first kappa shape index (κ1) is 21.3. The second kappa shape index (κ2) is 9.36. The third-order valence-electron chi connectivity index (χ3n) is 4.97. The average molecular weight is 410 g/mol. The van der Waals surface area contributed by atoms with Crippen molar-refractivity contribution in [2.75, 3.05) is 0 Å². The van der Waals surface area contributed by atoms with Gasteiger partial charge in [0.15, 0.2) is 0 Å². The van der Waals surface area contributed by atoms with E-state index in [1.807, 2.05) is 31.2 Å². The zero-order valence-corrected chi connectivity index (χ0v) is 16.9. The Balaban J connectivity index is 1.80. The molecule has 0 aliphatic heterocycles. The van der Waals surface area contributed by atoms with Gasteiger partial charge < -0.3 is 31.1 Å². The molecule has 3 aromatic rings. The number of nitrogens with one attached hydrogen (secondary N) is 4. The van der Waals surface area contributed by atoms with E-state index in [9.17, 15) is 14.4 Å². The molecule has 30 heavy (non-hydrogen) atoms. The number of carbonyl (C=O) groups excluding carboxylic acids is 3. The van der Waals surface area contributed by atoms with Gasteiger partial charge in [0.2, 0.25) is 11.8 Å². The second-order valence-corrected chi connectivity index (χ2v) is 7.36. The van der Waals surface area contributed by atoms with Gasteiger partial charge in [-0.25, -0.2) is 4.98 Å². The van der Waals surface area contributed by atoms with E-state index in [2.05, 4.69) is 25.6 Å². The molecule has 3 rings (SSSR count). The number of amides is 2. The van der Waals surface area contributed by atoms with E-state index < -0.39 is 29.9 Å². The van der Waals surface area contributed by atoms with Gasteiger partial charge in [0, 0.05) is 41.3 Å². The molecule has 0 bridgehead atoms. The lowest BCUT2D eigenvalue weighted by molar-refractivity contribution is -0.130. The van der Waals surface area contributed by atoms with Crippen LogP contribution in [-0.2, 0) is 27.2 Å². The summed E-state index contributed by atoms with van der Waals surface area (Å²) < 4.78 is 0. The van der Waals surface area contributed by atoms with Crippen molar-refractivity contribution < 1.29 is 14.4 Å². The molecule has 0 fully saturated rings. The van der Waals surface area contributed by atoms with Crippen LogP contribution in [0.25, 0.3) is 10.9 Å². The van der Waals surface area contributed by atoms with Gasteiger partial charge in [-0.1, -0.05) is 18.2 Å². The van der Waals surface area contributed by atoms with E-state index >= 15 is 0 Å². The number of nitrogens with two attached hydrogens (primary N) is 1. The van der Waals surface area contributed by atoms with Crippen LogP contribution in [0.2, 0.25) is 0 Å². The normalized spacial score (nSPS) is 14.1. The molecule has 9 heteroatoms. The Labute approximate surface area is 173 Å². The number of aryl methyl sites for hydroxylation is 1. The van der Waals surface area contributed by atoms with E-state index in [1.54, 1.807) is 13.1 Å². The van der Waals surface area contributed by atoms with Gasteiger partial charge in [-0.2, -0.15) is 0 Å². The van der Waals surface area contributed by atoms with Crippen molar-refractivity contribution in [1.82, 2.24) is 25.6 Å². The van der Waals surface area contributed by atoms with Crippen LogP contribution >= 0.6 is 0 Å². The molecule has 1 aromatic carbocycles. The number of hydrogen-bond acceptors (Lipinski definition) is 5. The maximum Gasteiger partial charge on any atom is 0.243 e. The Bertz CT molecular complexity index is 1030. The molecule has 0 aliphatic rings. The first-order valence-electron chi connectivity index (χ1n) is 9.74. The van der Waals surface area contributed by atoms with E-state index in [4.69, 9.17) is 5.73 Å². The molecule has 3 atom stereocenters. The van der Waals surface area contributed by atoms with Gasteiger partial charge in [0.05, 0.1) is 18.4 Å². The van der Waals surface area contributed by atoms with Gasteiger partial charge in [-0.05, 0) is 25.5 Å². The highest BCUT2D eigenvalue weighted by Gasteiger charge is 2.27. The molecule has 6 N–H and O–H groups in total. The maximum atomic E-state index is 12.8. The van der Waals surface area contributed by atoms with Crippen molar-refractivity contribution in [2.24, 2.45) is 5.73 Å². The fourth-order valence-electron chi connectivity index (χ4n) is 3.37. The molecule has 0 saturated heterocycles. The summed E-state index contributed by atoms with van der Waals surface area (Å²) in [4.78, 5) is 46.6. The van der Waals surface area contributed by atoms with Crippen molar-refractivity contribution in [1.29, 1.82) is 0 Å². The van der Waals surface area contributed by atoms with Crippen molar-refractivity contribution >= 4 is 29.0 Å². The largest absolute Gasteiger partial charge is 0.358 e. The summed E-state index contributed by atoms with van der Waals surface area (Å²) in [6.07, 6.45) is 4.26. The highest BCUT2D eigenvalue weighted by Crippen LogP contribution is 2.23. The number of aromatic nitrogens is 3. The molecule has 2 heterocycles. The van der Waals surface area contributed by atoms with Crippen LogP contribution in [0.1, 0.15) is 23.9 Å². The lowest BCUT2D eigenvalue weighted by Gasteiger charge is -2.22. The number of benzene rings is 1. The molecular formula is C21H26N6O3. The van der Waals surface area contributed by atoms with Gasteiger partial charge in [-0.3, -0.25) is 9.59 Å². The van der Waals surface area contributed by atoms with Gasteiger partial charge in [0.25, 0.3) is 0 Å². The molecule has 0 saturated carbocycles. The summed E-state index contributed by atoms with van der Waals surface area (Å²) in [6.45, 7) is 3.49. The lowest BCUT2D eigenvalue weighted by atomic mass is 10.0. The summed E-state index contributed by atoms with van der Waals surface area (Å²) >= 11 is 0. The minimum atomic E-state index is -0.884. The number of fused-ring (bicyclic) bond motifs is 1. The molecule has 0 spiro atoms. The lowest BCUT2D eigenvalue weighted by Crippen LogP contribution is -2.54. The predicted octanol–water partition coefficient (Wildman–Crippen LogP) is 0.500. The van der Waals surface area contributed by atoms with Crippen molar-refractivity contribution in [3.63, 3.8) is 0 Å². The number of carbonyl (C=O) groups is 3. The third-order valence-corrected chi connectivity index (χ3v) is 4.97. The van der Waals surface area contributed by atoms with Crippen LogP contribution in [0.5, 0.6) is 0 Å². The summed E-state index contributed by atoms with van der Waals surface area (Å²) in [5, 5.41) is 6.34. The van der Waals surface area contributed by atoms with Crippen LogP contribution in [-0.4, -0.2) is 51.2 Å². The van der Waals surface area contributed by atoms with Crippen molar-refractivity contribution in [3.8, 4) is 0 Å². The van der Waals surface area contributed by atoms with E-state index in [0.29, 0.717) is 6.29 Å². The Kier molecular flexibility index (Phi) is 6.63. The second-order valence-electron chi connectivity index (χ2n) is 7.36. The first-order valence-corrected chi connectivity index (χ1v) is 9.74. The number of H-pyrrole nitrogens is 2. The average Bonchev–Trinajstić information content (AvgIpc) is 3.34. The number of hydrogen-bond donors (Lipinski definition) is 5. The smallest absolute Gasteiger partial charge is 0.243 e. The summed E-state index contributed by atoms with van der Waals surface area (Å²) in [6, 6.07) is 5.35. The topological polar surface area (TPSA) is 146 Å². The molecule has 0 unspecified atom stereocenters. The minimum Gasteiger partial charge on any atom is -0.358 e.